The second-order valence-electron chi connectivity index (χ2n) is 7.87. The Morgan fingerprint density at radius 1 is 1.17 bits per heavy atom. The summed E-state index contributed by atoms with van der Waals surface area (Å²) in [5.41, 5.74) is 3.15. The number of nitrogens with zero attached hydrogens (tertiary/aromatic N) is 2. The minimum absolute atomic E-state index is 0.0361. The van der Waals surface area contributed by atoms with Crippen LogP contribution in [0.4, 0.5) is 18.9 Å². The number of fused-ring (bicyclic) bond motifs is 1. The Hall–Kier alpha value is -3.97. The number of hydrogen-bond donors (Lipinski definition) is 2. The number of ether oxygens (including phenoxy) is 1. The van der Waals surface area contributed by atoms with Crippen molar-refractivity contribution < 1.29 is 27.5 Å². The number of aromatic amines is 1. The Balaban J connectivity index is 1.41. The van der Waals surface area contributed by atoms with Crippen LogP contribution in [0.5, 0.6) is 5.75 Å². The van der Waals surface area contributed by atoms with Crippen molar-refractivity contribution in [1.82, 2.24) is 9.88 Å². The molecule has 0 radical (unpaired) electrons. The number of nitrogens with one attached hydrogen (secondary N) is 2. The van der Waals surface area contributed by atoms with Gasteiger partial charge in [0.05, 0.1) is 16.3 Å². The molecule has 1 aliphatic heterocycles. The number of alkyl halides is 3. The SMILES string of the molecule is N#Cc1c[nH]c(C(=O)N2CCc3cc(C(=O)Nc4ccc(OCC(F)(F)F)cc4Cl)ccc3C2)c1. The van der Waals surface area contributed by atoms with Gasteiger partial charge >= 0.3 is 6.18 Å². The fourth-order valence-corrected chi connectivity index (χ4v) is 3.88. The summed E-state index contributed by atoms with van der Waals surface area (Å²) in [5, 5.41) is 11.6. The van der Waals surface area contributed by atoms with Crippen LogP contribution in [0.3, 0.4) is 0 Å². The zero-order valence-electron chi connectivity index (χ0n) is 18.1. The number of rotatable bonds is 5. The molecular weight excluding hydrogens is 485 g/mol. The van der Waals surface area contributed by atoms with E-state index in [0.717, 1.165) is 11.1 Å². The summed E-state index contributed by atoms with van der Waals surface area (Å²) < 4.78 is 41.6. The molecule has 0 unspecified atom stereocenters. The number of halogens is 4. The van der Waals surface area contributed by atoms with E-state index < -0.39 is 18.7 Å². The van der Waals surface area contributed by atoms with E-state index in [9.17, 15) is 22.8 Å². The van der Waals surface area contributed by atoms with Crippen molar-refractivity contribution in [3.05, 3.63) is 81.6 Å². The fourth-order valence-electron chi connectivity index (χ4n) is 3.67. The van der Waals surface area contributed by atoms with Crippen LogP contribution in [-0.2, 0) is 13.0 Å². The molecule has 0 fully saturated rings. The third kappa shape index (κ3) is 5.75. The molecule has 1 aromatic heterocycles. The maximum atomic E-state index is 12.7. The molecular formula is C24H18ClF3N4O3. The average Bonchev–Trinajstić information content (AvgIpc) is 3.32. The predicted octanol–water partition coefficient (Wildman–Crippen LogP) is 4.93. The van der Waals surface area contributed by atoms with Gasteiger partial charge < -0.3 is 19.9 Å². The van der Waals surface area contributed by atoms with Gasteiger partial charge in [-0.05, 0) is 47.9 Å². The lowest BCUT2D eigenvalue weighted by Crippen LogP contribution is -2.36. The molecule has 0 aliphatic carbocycles. The van der Waals surface area contributed by atoms with E-state index in [1.165, 1.54) is 30.5 Å². The summed E-state index contributed by atoms with van der Waals surface area (Å²) in [6.45, 7) is -0.635. The smallest absolute Gasteiger partial charge is 0.422 e. The number of nitriles is 1. The van der Waals surface area contributed by atoms with Gasteiger partial charge in [0.2, 0.25) is 0 Å². The molecule has 2 heterocycles. The van der Waals surface area contributed by atoms with Gasteiger partial charge in [0.25, 0.3) is 11.8 Å². The first-order valence-corrected chi connectivity index (χ1v) is 10.8. The van der Waals surface area contributed by atoms with Gasteiger partial charge in [-0.15, -0.1) is 0 Å². The van der Waals surface area contributed by atoms with Crippen LogP contribution in [0.1, 0.15) is 37.5 Å². The molecule has 7 nitrogen and oxygen atoms in total. The van der Waals surface area contributed by atoms with Crippen LogP contribution in [-0.4, -0.2) is 41.0 Å². The summed E-state index contributed by atoms with van der Waals surface area (Å²) in [7, 11) is 0. The van der Waals surface area contributed by atoms with E-state index >= 15 is 0 Å². The van der Waals surface area contributed by atoms with Gasteiger partial charge in [0.15, 0.2) is 6.61 Å². The van der Waals surface area contributed by atoms with Gasteiger partial charge in [0, 0.05) is 30.9 Å². The van der Waals surface area contributed by atoms with Crippen molar-refractivity contribution in [3.63, 3.8) is 0 Å². The summed E-state index contributed by atoms with van der Waals surface area (Å²) >= 11 is 6.10. The van der Waals surface area contributed by atoms with Crippen LogP contribution in [0.25, 0.3) is 0 Å². The van der Waals surface area contributed by atoms with Crippen LogP contribution in [0.15, 0.2) is 48.7 Å². The standard InChI is InChI=1S/C24H18ClF3N4O3/c25-19-9-18(35-13-24(26,27)28)3-4-20(19)31-22(33)16-1-2-17-12-32(6-5-15(17)8-16)23(34)21-7-14(10-29)11-30-21/h1-4,7-9,11,30H,5-6,12-13H2,(H,31,33). The summed E-state index contributed by atoms with van der Waals surface area (Å²) in [6, 6.07) is 12.5. The third-order valence-corrected chi connectivity index (χ3v) is 5.71. The van der Waals surface area contributed by atoms with Crippen molar-refractivity contribution in [1.29, 1.82) is 5.26 Å². The lowest BCUT2D eigenvalue weighted by atomic mass is 9.96. The van der Waals surface area contributed by atoms with E-state index in [4.69, 9.17) is 16.9 Å². The molecule has 180 valence electrons. The number of H-pyrrole nitrogens is 1. The topological polar surface area (TPSA) is 98.2 Å². The highest BCUT2D eigenvalue weighted by atomic mass is 35.5. The molecule has 2 amide bonds. The van der Waals surface area contributed by atoms with Gasteiger partial charge in [-0.2, -0.15) is 18.4 Å². The quantitative estimate of drug-likeness (QED) is 0.517. The van der Waals surface area contributed by atoms with E-state index in [0.29, 0.717) is 36.3 Å². The molecule has 1 aliphatic rings. The van der Waals surface area contributed by atoms with Gasteiger partial charge in [-0.25, -0.2) is 0 Å². The van der Waals surface area contributed by atoms with Gasteiger partial charge in [0.1, 0.15) is 17.5 Å². The molecule has 3 aromatic rings. The maximum Gasteiger partial charge on any atom is 0.422 e. The van der Waals surface area contributed by atoms with Crippen molar-refractivity contribution in [2.75, 3.05) is 18.5 Å². The molecule has 11 heteroatoms. The Morgan fingerprint density at radius 3 is 2.66 bits per heavy atom. The van der Waals surface area contributed by atoms with E-state index in [2.05, 4.69) is 15.0 Å². The fraction of sp³-hybridized carbons (Fsp3) is 0.208. The number of carbonyl (C=O) groups excluding carboxylic acids is 2. The van der Waals surface area contributed by atoms with Gasteiger partial charge in [-0.1, -0.05) is 17.7 Å². The average molecular weight is 503 g/mol. The molecule has 4 rings (SSSR count). The lowest BCUT2D eigenvalue weighted by Gasteiger charge is -2.29. The minimum Gasteiger partial charge on any atom is -0.484 e. The summed E-state index contributed by atoms with van der Waals surface area (Å²) in [6.07, 6.45) is -2.45. The number of amides is 2. The summed E-state index contributed by atoms with van der Waals surface area (Å²) in [4.78, 5) is 29.9. The Labute approximate surface area is 203 Å². The van der Waals surface area contributed by atoms with Crippen molar-refractivity contribution in [3.8, 4) is 11.8 Å². The first-order valence-electron chi connectivity index (χ1n) is 10.4. The highest BCUT2D eigenvalue weighted by molar-refractivity contribution is 6.34. The number of hydrogen-bond acceptors (Lipinski definition) is 4. The number of anilines is 1. The highest BCUT2D eigenvalue weighted by Gasteiger charge is 2.28. The number of benzene rings is 2. The van der Waals surface area contributed by atoms with Crippen LogP contribution >= 0.6 is 11.6 Å². The third-order valence-electron chi connectivity index (χ3n) is 5.40. The number of carbonyl (C=O) groups is 2. The van der Waals surface area contributed by atoms with Crippen molar-refractivity contribution in [2.45, 2.75) is 19.1 Å². The first-order chi connectivity index (χ1) is 16.6. The molecule has 2 N–H and O–H groups in total. The predicted molar refractivity (Wildman–Crippen MR) is 121 cm³/mol. The maximum absolute atomic E-state index is 12.7. The molecule has 0 saturated carbocycles. The molecule has 2 aromatic carbocycles. The van der Waals surface area contributed by atoms with E-state index in [1.54, 1.807) is 23.1 Å². The molecule has 0 spiro atoms. The monoisotopic (exact) mass is 502 g/mol. The van der Waals surface area contributed by atoms with E-state index in [1.807, 2.05) is 6.07 Å². The zero-order chi connectivity index (χ0) is 25.2. The zero-order valence-corrected chi connectivity index (χ0v) is 18.8. The Morgan fingerprint density at radius 2 is 1.97 bits per heavy atom. The molecule has 0 atom stereocenters. The molecule has 0 saturated heterocycles. The molecule has 35 heavy (non-hydrogen) atoms. The van der Waals surface area contributed by atoms with Crippen molar-refractivity contribution >= 4 is 29.1 Å². The Bertz CT molecular complexity index is 1330. The summed E-state index contributed by atoms with van der Waals surface area (Å²) in [5.74, 6) is -0.717. The van der Waals surface area contributed by atoms with Crippen LogP contribution in [0.2, 0.25) is 5.02 Å². The Kier molecular flexibility index (Phi) is 6.71. The molecule has 0 bridgehead atoms. The largest absolute Gasteiger partial charge is 0.484 e. The van der Waals surface area contributed by atoms with Gasteiger partial charge in [-0.3, -0.25) is 9.59 Å². The number of aromatic nitrogens is 1. The first kappa shape index (κ1) is 24.2. The normalized spacial score (nSPS) is 13.1. The second-order valence-corrected chi connectivity index (χ2v) is 8.28. The lowest BCUT2D eigenvalue weighted by molar-refractivity contribution is -0.153. The minimum atomic E-state index is -4.47. The highest BCUT2D eigenvalue weighted by Crippen LogP contribution is 2.29. The van der Waals surface area contributed by atoms with Crippen LogP contribution in [0, 0.1) is 11.3 Å². The van der Waals surface area contributed by atoms with Crippen molar-refractivity contribution in [2.24, 2.45) is 0 Å². The second kappa shape index (κ2) is 9.72. The van der Waals surface area contributed by atoms with E-state index in [-0.39, 0.29) is 22.4 Å². The van der Waals surface area contributed by atoms with Crippen LogP contribution < -0.4 is 10.1 Å².